The van der Waals surface area contributed by atoms with Gasteiger partial charge in [-0.1, -0.05) is 18.2 Å². The molecule has 0 aliphatic heterocycles. The van der Waals surface area contributed by atoms with E-state index in [1.54, 1.807) is 10.8 Å². The van der Waals surface area contributed by atoms with E-state index in [1.807, 2.05) is 30.3 Å². The van der Waals surface area contributed by atoms with Crippen molar-refractivity contribution in [3.05, 3.63) is 36.5 Å². The number of aromatic amines is 1. The lowest BCUT2D eigenvalue weighted by molar-refractivity contribution is -0.137. The Morgan fingerprint density at radius 2 is 2.06 bits per heavy atom. The van der Waals surface area contributed by atoms with E-state index < -0.39 is 5.97 Å². The van der Waals surface area contributed by atoms with Crippen LogP contribution in [0.15, 0.2) is 36.5 Å². The summed E-state index contributed by atoms with van der Waals surface area (Å²) in [7, 11) is 0. The van der Waals surface area contributed by atoms with Crippen LogP contribution in [-0.4, -0.2) is 20.6 Å². The summed E-state index contributed by atoms with van der Waals surface area (Å²) >= 11 is 0. The van der Waals surface area contributed by atoms with Crippen molar-refractivity contribution >= 4 is 27.9 Å². The standard InChI is InChI=1S/C12H10N2O2/c15-11(16)7-14-6-5-9-8-3-1-2-4-10(8)13-12(9)14/h1-6,13H,7H2,(H,15,16). The van der Waals surface area contributed by atoms with Gasteiger partial charge in [0.1, 0.15) is 12.2 Å². The number of aromatic nitrogens is 2. The maximum atomic E-state index is 10.7. The van der Waals surface area contributed by atoms with Crippen LogP contribution in [0.5, 0.6) is 0 Å². The first-order valence-corrected chi connectivity index (χ1v) is 5.03. The van der Waals surface area contributed by atoms with Crippen molar-refractivity contribution in [3.63, 3.8) is 0 Å². The Kier molecular flexibility index (Phi) is 1.77. The Labute approximate surface area is 91.1 Å². The fourth-order valence-corrected chi connectivity index (χ4v) is 2.06. The number of hydrogen-bond acceptors (Lipinski definition) is 1. The fourth-order valence-electron chi connectivity index (χ4n) is 2.06. The van der Waals surface area contributed by atoms with E-state index in [0.29, 0.717) is 0 Å². The molecule has 0 amide bonds. The van der Waals surface area contributed by atoms with Crippen LogP contribution in [0, 0.1) is 0 Å². The van der Waals surface area contributed by atoms with Gasteiger partial charge in [-0.25, -0.2) is 0 Å². The average Bonchev–Trinajstić information content (AvgIpc) is 2.78. The number of carboxylic acid groups (broad SMARTS) is 1. The number of aliphatic carboxylic acids is 1. The summed E-state index contributed by atoms with van der Waals surface area (Å²) in [5, 5.41) is 11.0. The van der Waals surface area contributed by atoms with Crippen molar-refractivity contribution in [3.8, 4) is 0 Å². The molecular formula is C12H10N2O2. The van der Waals surface area contributed by atoms with Crippen molar-refractivity contribution in [2.75, 3.05) is 0 Å². The first-order valence-electron chi connectivity index (χ1n) is 5.03. The minimum Gasteiger partial charge on any atom is -0.480 e. The monoisotopic (exact) mass is 214 g/mol. The van der Waals surface area contributed by atoms with Crippen LogP contribution in [0.2, 0.25) is 0 Å². The lowest BCUT2D eigenvalue weighted by Gasteiger charge is -1.97. The molecule has 4 heteroatoms. The second-order valence-corrected chi connectivity index (χ2v) is 3.77. The summed E-state index contributed by atoms with van der Waals surface area (Å²) in [6, 6.07) is 9.89. The highest BCUT2D eigenvalue weighted by atomic mass is 16.4. The van der Waals surface area contributed by atoms with Crippen LogP contribution >= 0.6 is 0 Å². The molecule has 0 aliphatic carbocycles. The van der Waals surface area contributed by atoms with Gasteiger partial charge in [0.15, 0.2) is 0 Å². The number of hydrogen-bond donors (Lipinski definition) is 2. The summed E-state index contributed by atoms with van der Waals surface area (Å²) < 4.78 is 1.71. The Balaban J connectivity index is 2.29. The molecule has 0 saturated carbocycles. The van der Waals surface area contributed by atoms with Gasteiger partial charge in [0.2, 0.25) is 0 Å². The van der Waals surface area contributed by atoms with Gasteiger partial charge in [-0.15, -0.1) is 0 Å². The van der Waals surface area contributed by atoms with Gasteiger partial charge in [0, 0.05) is 22.5 Å². The van der Waals surface area contributed by atoms with Crippen LogP contribution < -0.4 is 0 Å². The number of H-pyrrole nitrogens is 1. The highest BCUT2D eigenvalue weighted by Gasteiger charge is 2.09. The smallest absolute Gasteiger partial charge is 0.323 e. The van der Waals surface area contributed by atoms with Crippen LogP contribution in [-0.2, 0) is 11.3 Å². The molecule has 0 bridgehead atoms. The minimum atomic E-state index is -0.837. The molecule has 2 aromatic heterocycles. The fraction of sp³-hybridized carbons (Fsp3) is 0.0833. The topological polar surface area (TPSA) is 58.0 Å². The van der Waals surface area contributed by atoms with E-state index in [9.17, 15) is 4.79 Å². The molecule has 16 heavy (non-hydrogen) atoms. The summed E-state index contributed by atoms with van der Waals surface area (Å²) in [6.07, 6.45) is 1.79. The Bertz CT molecular complexity index is 679. The molecule has 4 nitrogen and oxygen atoms in total. The first kappa shape index (κ1) is 9.03. The summed E-state index contributed by atoms with van der Waals surface area (Å²) in [5.74, 6) is -0.837. The van der Waals surface area contributed by atoms with E-state index in [2.05, 4.69) is 4.98 Å². The van der Waals surface area contributed by atoms with E-state index in [0.717, 1.165) is 21.9 Å². The van der Waals surface area contributed by atoms with Gasteiger partial charge >= 0.3 is 5.97 Å². The molecule has 80 valence electrons. The second kappa shape index (κ2) is 3.13. The third kappa shape index (κ3) is 1.20. The number of nitrogens with zero attached hydrogens (tertiary/aromatic N) is 1. The van der Waals surface area contributed by atoms with E-state index in [1.165, 1.54) is 0 Å². The van der Waals surface area contributed by atoms with E-state index in [-0.39, 0.29) is 6.54 Å². The van der Waals surface area contributed by atoms with Crippen LogP contribution in [0.4, 0.5) is 0 Å². The van der Waals surface area contributed by atoms with Crippen molar-refractivity contribution in [1.82, 2.24) is 9.55 Å². The lowest BCUT2D eigenvalue weighted by atomic mass is 10.2. The number of benzene rings is 1. The molecule has 1 aromatic carbocycles. The maximum Gasteiger partial charge on any atom is 0.323 e. The molecule has 0 spiro atoms. The quantitative estimate of drug-likeness (QED) is 0.687. The van der Waals surface area contributed by atoms with Gasteiger partial charge < -0.3 is 14.7 Å². The largest absolute Gasteiger partial charge is 0.480 e. The second-order valence-electron chi connectivity index (χ2n) is 3.77. The van der Waals surface area contributed by atoms with Crippen molar-refractivity contribution < 1.29 is 9.90 Å². The molecule has 0 aliphatic rings. The molecule has 0 radical (unpaired) electrons. The van der Waals surface area contributed by atoms with Crippen LogP contribution in [0.25, 0.3) is 21.9 Å². The Hall–Kier alpha value is -2.23. The predicted octanol–water partition coefficient (Wildman–Crippen LogP) is 2.21. The number of fused-ring (bicyclic) bond motifs is 3. The summed E-state index contributed by atoms with van der Waals surface area (Å²) in [4.78, 5) is 13.9. The molecule has 0 fully saturated rings. The molecule has 3 rings (SSSR count). The van der Waals surface area contributed by atoms with E-state index >= 15 is 0 Å². The Morgan fingerprint density at radius 3 is 2.88 bits per heavy atom. The summed E-state index contributed by atoms with van der Waals surface area (Å²) in [5.41, 5.74) is 1.90. The minimum absolute atomic E-state index is 0.0175. The zero-order chi connectivity index (χ0) is 11.1. The number of para-hydroxylation sites is 1. The first-order chi connectivity index (χ1) is 7.75. The van der Waals surface area contributed by atoms with Gasteiger partial charge in [-0.3, -0.25) is 4.79 Å². The maximum absolute atomic E-state index is 10.7. The van der Waals surface area contributed by atoms with Crippen molar-refractivity contribution in [2.24, 2.45) is 0 Å². The molecular weight excluding hydrogens is 204 g/mol. The van der Waals surface area contributed by atoms with E-state index in [4.69, 9.17) is 5.11 Å². The molecule has 3 aromatic rings. The number of carbonyl (C=O) groups is 1. The van der Waals surface area contributed by atoms with Gasteiger partial charge in [0.05, 0.1) is 0 Å². The normalized spacial score (nSPS) is 11.2. The average molecular weight is 214 g/mol. The molecule has 2 heterocycles. The lowest BCUT2D eigenvalue weighted by Crippen LogP contribution is -2.07. The van der Waals surface area contributed by atoms with Crippen molar-refractivity contribution in [2.45, 2.75) is 6.54 Å². The van der Waals surface area contributed by atoms with Crippen LogP contribution in [0.3, 0.4) is 0 Å². The summed E-state index contributed by atoms with van der Waals surface area (Å²) in [6.45, 7) is -0.0175. The third-order valence-electron chi connectivity index (χ3n) is 2.74. The number of carboxylic acids is 1. The van der Waals surface area contributed by atoms with Crippen LogP contribution in [0.1, 0.15) is 0 Å². The third-order valence-corrected chi connectivity index (χ3v) is 2.74. The zero-order valence-corrected chi connectivity index (χ0v) is 8.47. The highest BCUT2D eigenvalue weighted by molar-refractivity contribution is 6.06. The van der Waals surface area contributed by atoms with Crippen molar-refractivity contribution in [1.29, 1.82) is 0 Å². The molecule has 2 N–H and O–H groups in total. The number of rotatable bonds is 2. The zero-order valence-electron chi connectivity index (χ0n) is 8.47. The highest BCUT2D eigenvalue weighted by Crippen LogP contribution is 2.25. The predicted molar refractivity (Wildman–Crippen MR) is 61.4 cm³/mol. The molecule has 0 saturated heterocycles. The molecule has 0 unspecified atom stereocenters. The van der Waals surface area contributed by atoms with Gasteiger partial charge in [-0.05, 0) is 12.1 Å². The molecule has 0 atom stereocenters. The SMILES string of the molecule is O=C(O)Cn1ccc2c3ccccc3[nH]c21. The van der Waals surface area contributed by atoms with Gasteiger partial charge in [-0.2, -0.15) is 0 Å². The Morgan fingerprint density at radius 1 is 1.25 bits per heavy atom. The number of nitrogens with one attached hydrogen (secondary N) is 1. The van der Waals surface area contributed by atoms with Gasteiger partial charge in [0.25, 0.3) is 0 Å².